The number of hydrogen-bond acceptors (Lipinski definition) is 4. The van der Waals surface area contributed by atoms with Gasteiger partial charge in [0.2, 0.25) is 5.91 Å². The number of aliphatic hydroxyl groups is 1. The standard InChI is InChI=1S/C11H20N2O3/c1-2-5-13(6-7-14)10(15)11(12)3-8-16-9-4-11/h2,14H,1,3-9,12H2. The molecule has 5 heteroatoms. The van der Waals surface area contributed by atoms with Crippen LogP contribution in [0.3, 0.4) is 0 Å². The highest BCUT2D eigenvalue weighted by molar-refractivity contribution is 5.86. The third-order valence-corrected chi connectivity index (χ3v) is 2.82. The number of ether oxygens (including phenoxy) is 1. The van der Waals surface area contributed by atoms with Gasteiger partial charge in [-0.1, -0.05) is 6.08 Å². The van der Waals surface area contributed by atoms with Gasteiger partial charge in [-0.3, -0.25) is 4.79 Å². The molecule has 0 aromatic carbocycles. The summed E-state index contributed by atoms with van der Waals surface area (Å²) in [6.07, 6.45) is 2.70. The van der Waals surface area contributed by atoms with Gasteiger partial charge in [0.15, 0.2) is 0 Å². The molecular weight excluding hydrogens is 208 g/mol. The number of carbonyl (C=O) groups is 1. The van der Waals surface area contributed by atoms with Crippen LogP contribution < -0.4 is 5.73 Å². The van der Waals surface area contributed by atoms with Crippen LogP contribution in [0.25, 0.3) is 0 Å². The van der Waals surface area contributed by atoms with Gasteiger partial charge in [0.25, 0.3) is 0 Å². The molecule has 1 fully saturated rings. The highest BCUT2D eigenvalue weighted by atomic mass is 16.5. The Hall–Kier alpha value is -0.910. The molecule has 0 aromatic rings. The zero-order valence-electron chi connectivity index (χ0n) is 9.52. The molecule has 0 saturated carbocycles. The minimum Gasteiger partial charge on any atom is -0.395 e. The third-order valence-electron chi connectivity index (χ3n) is 2.82. The van der Waals surface area contributed by atoms with Crippen LogP contribution in [0.2, 0.25) is 0 Å². The van der Waals surface area contributed by atoms with Gasteiger partial charge < -0.3 is 20.5 Å². The summed E-state index contributed by atoms with van der Waals surface area (Å²) < 4.78 is 5.19. The van der Waals surface area contributed by atoms with Crippen LogP contribution in [0.4, 0.5) is 0 Å². The quantitative estimate of drug-likeness (QED) is 0.622. The smallest absolute Gasteiger partial charge is 0.243 e. The van der Waals surface area contributed by atoms with Crippen LogP contribution in [0, 0.1) is 0 Å². The molecule has 5 nitrogen and oxygen atoms in total. The van der Waals surface area contributed by atoms with Crippen molar-refractivity contribution in [3.63, 3.8) is 0 Å². The molecule has 0 aliphatic carbocycles. The number of rotatable bonds is 5. The molecule has 16 heavy (non-hydrogen) atoms. The zero-order chi connectivity index (χ0) is 12.0. The minimum absolute atomic E-state index is 0.0633. The molecule has 1 rings (SSSR count). The third kappa shape index (κ3) is 3.04. The summed E-state index contributed by atoms with van der Waals surface area (Å²) in [7, 11) is 0. The number of carbonyl (C=O) groups excluding carboxylic acids is 1. The normalized spacial score (nSPS) is 19.1. The predicted octanol–water partition coefficient (Wildman–Crippen LogP) is -0.499. The van der Waals surface area contributed by atoms with E-state index in [9.17, 15) is 4.79 Å². The van der Waals surface area contributed by atoms with Gasteiger partial charge in [0.05, 0.1) is 12.1 Å². The van der Waals surface area contributed by atoms with Gasteiger partial charge in [-0.15, -0.1) is 6.58 Å². The van der Waals surface area contributed by atoms with Crippen LogP contribution in [-0.2, 0) is 9.53 Å². The number of aliphatic hydroxyl groups excluding tert-OH is 1. The highest BCUT2D eigenvalue weighted by Gasteiger charge is 2.38. The van der Waals surface area contributed by atoms with E-state index < -0.39 is 5.54 Å². The summed E-state index contributed by atoms with van der Waals surface area (Å²) in [4.78, 5) is 13.7. The average molecular weight is 228 g/mol. The molecule has 1 amide bonds. The van der Waals surface area contributed by atoms with Crippen LogP contribution in [0.5, 0.6) is 0 Å². The maximum absolute atomic E-state index is 12.2. The van der Waals surface area contributed by atoms with Crippen LogP contribution in [-0.4, -0.2) is 54.4 Å². The second-order valence-corrected chi connectivity index (χ2v) is 4.03. The molecule has 0 spiro atoms. The lowest BCUT2D eigenvalue weighted by Gasteiger charge is -2.36. The van der Waals surface area contributed by atoms with Crippen molar-refractivity contribution in [3.8, 4) is 0 Å². The van der Waals surface area contributed by atoms with Crippen molar-refractivity contribution in [2.75, 3.05) is 32.9 Å². The van der Waals surface area contributed by atoms with Crippen molar-refractivity contribution in [3.05, 3.63) is 12.7 Å². The van der Waals surface area contributed by atoms with Gasteiger partial charge in [-0.05, 0) is 12.8 Å². The highest BCUT2D eigenvalue weighted by Crippen LogP contribution is 2.20. The maximum Gasteiger partial charge on any atom is 0.243 e. The Morgan fingerprint density at radius 1 is 1.56 bits per heavy atom. The molecule has 0 atom stereocenters. The maximum atomic E-state index is 12.2. The topological polar surface area (TPSA) is 75.8 Å². The molecule has 0 radical (unpaired) electrons. The Labute approximate surface area is 95.9 Å². The van der Waals surface area contributed by atoms with Crippen molar-refractivity contribution in [2.45, 2.75) is 18.4 Å². The lowest BCUT2D eigenvalue weighted by atomic mass is 9.89. The number of nitrogens with zero attached hydrogens (tertiary/aromatic N) is 1. The average Bonchev–Trinajstić information content (AvgIpc) is 2.29. The largest absolute Gasteiger partial charge is 0.395 e. The summed E-state index contributed by atoms with van der Waals surface area (Å²) in [5, 5.41) is 8.90. The molecule has 1 heterocycles. The second-order valence-electron chi connectivity index (χ2n) is 4.03. The van der Waals surface area contributed by atoms with Crippen molar-refractivity contribution >= 4 is 5.91 Å². The fourth-order valence-corrected chi connectivity index (χ4v) is 1.82. The predicted molar refractivity (Wildman–Crippen MR) is 60.8 cm³/mol. The van der Waals surface area contributed by atoms with E-state index in [1.807, 2.05) is 0 Å². The number of hydrogen-bond donors (Lipinski definition) is 2. The lowest BCUT2D eigenvalue weighted by Crippen LogP contribution is -2.58. The second kappa shape index (κ2) is 5.98. The number of amides is 1. The Morgan fingerprint density at radius 2 is 2.19 bits per heavy atom. The van der Waals surface area contributed by atoms with Crippen molar-refractivity contribution < 1.29 is 14.6 Å². The van der Waals surface area contributed by atoms with Crippen molar-refractivity contribution in [2.24, 2.45) is 5.73 Å². The van der Waals surface area contributed by atoms with E-state index in [4.69, 9.17) is 15.6 Å². The fourth-order valence-electron chi connectivity index (χ4n) is 1.82. The molecule has 1 saturated heterocycles. The van der Waals surface area contributed by atoms with Crippen LogP contribution in [0.1, 0.15) is 12.8 Å². The molecule has 0 aromatic heterocycles. The molecule has 1 aliphatic heterocycles. The van der Waals surface area contributed by atoms with Crippen LogP contribution >= 0.6 is 0 Å². The van der Waals surface area contributed by atoms with E-state index in [0.29, 0.717) is 39.1 Å². The van der Waals surface area contributed by atoms with Gasteiger partial charge in [0.1, 0.15) is 0 Å². The first-order valence-corrected chi connectivity index (χ1v) is 5.52. The van der Waals surface area contributed by atoms with Crippen molar-refractivity contribution in [1.82, 2.24) is 4.90 Å². The SMILES string of the molecule is C=CCN(CCO)C(=O)C1(N)CCOCC1. The van der Waals surface area contributed by atoms with Gasteiger partial charge in [-0.25, -0.2) is 0 Å². The summed E-state index contributed by atoms with van der Waals surface area (Å²) in [5.41, 5.74) is 5.24. The van der Waals surface area contributed by atoms with Crippen molar-refractivity contribution in [1.29, 1.82) is 0 Å². The monoisotopic (exact) mass is 228 g/mol. The Bertz CT molecular complexity index is 250. The van der Waals surface area contributed by atoms with Gasteiger partial charge in [-0.2, -0.15) is 0 Å². The number of nitrogens with two attached hydrogens (primary N) is 1. The summed E-state index contributed by atoms with van der Waals surface area (Å²) in [6.45, 7) is 5.28. The molecule has 0 bridgehead atoms. The van der Waals surface area contributed by atoms with E-state index in [1.165, 1.54) is 0 Å². The lowest BCUT2D eigenvalue weighted by molar-refractivity contribution is -0.140. The fraction of sp³-hybridized carbons (Fsp3) is 0.727. The first-order chi connectivity index (χ1) is 7.64. The van der Waals surface area contributed by atoms with Gasteiger partial charge in [0, 0.05) is 26.3 Å². The summed E-state index contributed by atoms with van der Waals surface area (Å²) >= 11 is 0. The van der Waals surface area contributed by atoms with E-state index in [-0.39, 0.29) is 12.5 Å². The van der Waals surface area contributed by atoms with Gasteiger partial charge >= 0.3 is 0 Å². The first-order valence-electron chi connectivity index (χ1n) is 5.52. The molecular formula is C11H20N2O3. The Kier molecular flexibility index (Phi) is 4.92. The van der Waals surface area contributed by atoms with E-state index in [2.05, 4.69) is 6.58 Å². The van der Waals surface area contributed by atoms with E-state index in [1.54, 1.807) is 11.0 Å². The molecule has 92 valence electrons. The minimum atomic E-state index is -0.837. The first kappa shape index (κ1) is 13.2. The summed E-state index contributed by atoms with van der Waals surface area (Å²) in [6, 6.07) is 0. The Balaban J connectivity index is 2.67. The van der Waals surface area contributed by atoms with E-state index in [0.717, 1.165) is 0 Å². The molecule has 3 N–H and O–H groups in total. The van der Waals surface area contributed by atoms with E-state index >= 15 is 0 Å². The summed E-state index contributed by atoms with van der Waals surface area (Å²) in [5.74, 6) is -0.121. The zero-order valence-corrected chi connectivity index (χ0v) is 9.52. The van der Waals surface area contributed by atoms with Crippen LogP contribution in [0.15, 0.2) is 12.7 Å². The molecule has 0 unspecified atom stereocenters. The molecule has 1 aliphatic rings. The Morgan fingerprint density at radius 3 is 2.69 bits per heavy atom.